The van der Waals surface area contributed by atoms with Crippen LogP contribution in [0.1, 0.15) is 27.2 Å². The van der Waals surface area contributed by atoms with Crippen LogP contribution in [-0.4, -0.2) is 23.1 Å². The minimum atomic E-state index is 0.635. The van der Waals surface area contributed by atoms with E-state index in [1.165, 1.54) is 0 Å². The summed E-state index contributed by atoms with van der Waals surface area (Å²) in [5.74, 6) is 2.24. The Morgan fingerprint density at radius 3 is 2.63 bits per heavy atom. The fourth-order valence-electron chi connectivity index (χ4n) is 1.86. The van der Waals surface area contributed by atoms with Gasteiger partial charge in [0.2, 0.25) is 5.95 Å². The predicted molar refractivity (Wildman–Crippen MR) is 81.6 cm³/mol. The van der Waals surface area contributed by atoms with Crippen LogP contribution in [0.25, 0.3) is 10.9 Å². The molecule has 0 fully saturated rings. The maximum absolute atomic E-state index is 4.56. The molecule has 4 heteroatoms. The van der Waals surface area contributed by atoms with Crippen LogP contribution in [0.5, 0.6) is 0 Å². The molecule has 0 aliphatic carbocycles. The summed E-state index contributed by atoms with van der Waals surface area (Å²) in [7, 11) is 0. The number of fused-ring (bicyclic) bond motifs is 1. The minimum absolute atomic E-state index is 0.635. The maximum Gasteiger partial charge on any atom is 0.225 e. The van der Waals surface area contributed by atoms with Gasteiger partial charge in [0.25, 0.3) is 0 Å². The molecule has 102 valence electrons. The zero-order chi connectivity index (χ0) is 13.7. The molecule has 19 heavy (non-hydrogen) atoms. The maximum atomic E-state index is 4.56. The first-order chi connectivity index (χ1) is 9.24. The van der Waals surface area contributed by atoms with Gasteiger partial charge in [-0.2, -0.15) is 4.98 Å². The van der Waals surface area contributed by atoms with Crippen LogP contribution < -0.4 is 10.6 Å². The number of benzene rings is 1. The molecule has 4 nitrogen and oxygen atoms in total. The molecule has 2 N–H and O–H groups in total. The molecule has 0 saturated heterocycles. The molecular weight excluding hydrogens is 236 g/mol. The van der Waals surface area contributed by atoms with Crippen molar-refractivity contribution in [1.29, 1.82) is 0 Å². The molecule has 0 bridgehead atoms. The molecule has 0 spiro atoms. The number of anilines is 2. The van der Waals surface area contributed by atoms with Crippen LogP contribution >= 0.6 is 0 Å². The molecule has 1 unspecified atom stereocenters. The first kappa shape index (κ1) is 13.6. The summed E-state index contributed by atoms with van der Waals surface area (Å²) < 4.78 is 0. The Morgan fingerprint density at radius 2 is 1.89 bits per heavy atom. The Kier molecular flexibility index (Phi) is 4.55. The average molecular weight is 258 g/mol. The topological polar surface area (TPSA) is 49.8 Å². The number of nitrogens with one attached hydrogen (secondary N) is 2. The van der Waals surface area contributed by atoms with E-state index in [0.29, 0.717) is 11.9 Å². The Balaban J connectivity index is 2.33. The number of aromatic nitrogens is 2. The largest absolute Gasteiger partial charge is 0.369 e. The van der Waals surface area contributed by atoms with Gasteiger partial charge in [0, 0.05) is 18.5 Å². The molecule has 1 atom stereocenters. The van der Waals surface area contributed by atoms with Gasteiger partial charge in [0.15, 0.2) is 0 Å². The molecular formula is C15H22N4. The molecule has 2 rings (SSSR count). The van der Waals surface area contributed by atoms with Crippen molar-refractivity contribution in [1.82, 2.24) is 9.97 Å². The zero-order valence-corrected chi connectivity index (χ0v) is 11.9. The van der Waals surface area contributed by atoms with Crippen molar-refractivity contribution in [3.8, 4) is 0 Å². The number of hydrogen-bond acceptors (Lipinski definition) is 4. The SMILES string of the molecule is CCNc1nc(NCC(C)CC)c2ccccc2n1. The van der Waals surface area contributed by atoms with E-state index in [1.807, 2.05) is 25.1 Å². The second-order valence-electron chi connectivity index (χ2n) is 4.84. The fourth-order valence-corrected chi connectivity index (χ4v) is 1.86. The zero-order valence-electron chi connectivity index (χ0n) is 11.9. The Hall–Kier alpha value is -1.84. The third kappa shape index (κ3) is 3.34. The van der Waals surface area contributed by atoms with Gasteiger partial charge in [0.05, 0.1) is 5.52 Å². The van der Waals surface area contributed by atoms with Crippen molar-refractivity contribution in [2.24, 2.45) is 5.92 Å². The molecule has 1 heterocycles. The highest BCUT2D eigenvalue weighted by Gasteiger charge is 2.07. The van der Waals surface area contributed by atoms with Gasteiger partial charge < -0.3 is 10.6 Å². The molecule has 0 aliphatic rings. The van der Waals surface area contributed by atoms with Crippen molar-refractivity contribution in [2.75, 3.05) is 23.7 Å². The summed E-state index contributed by atoms with van der Waals surface area (Å²) in [6.07, 6.45) is 1.16. The second kappa shape index (κ2) is 6.36. The van der Waals surface area contributed by atoms with Crippen LogP contribution in [0.3, 0.4) is 0 Å². The number of nitrogens with zero attached hydrogens (tertiary/aromatic N) is 2. The van der Waals surface area contributed by atoms with Crippen molar-refractivity contribution >= 4 is 22.7 Å². The molecule has 0 aliphatic heterocycles. The van der Waals surface area contributed by atoms with Crippen molar-refractivity contribution in [2.45, 2.75) is 27.2 Å². The summed E-state index contributed by atoms with van der Waals surface area (Å²) >= 11 is 0. The van der Waals surface area contributed by atoms with Gasteiger partial charge in [-0.1, -0.05) is 32.4 Å². The lowest BCUT2D eigenvalue weighted by molar-refractivity contribution is 0.593. The first-order valence-corrected chi connectivity index (χ1v) is 6.99. The Bertz CT molecular complexity index is 539. The van der Waals surface area contributed by atoms with E-state index >= 15 is 0 Å². The quantitative estimate of drug-likeness (QED) is 0.832. The van der Waals surface area contributed by atoms with E-state index in [0.717, 1.165) is 36.2 Å². The smallest absolute Gasteiger partial charge is 0.225 e. The third-order valence-corrected chi connectivity index (χ3v) is 3.25. The van der Waals surface area contributed by atoms with E-state index in [-0.39, 0.29) is 0 Å². The average Bonchev–Trinajstić information content (AvgIpc) is 2.44. The third-order valence-electron chi connectivity index (χ3n) is 3.25. The van der Waals surface area contributed by atoms with Crippen molar-refractivity contribution < 1.29 is 0 Å². The Labute approximate surface area is 114 Å². The number of para-hydroxylation sites is 1. The van der Waals surface area contributed by atoms with Gasteiger partial charge in [0.1, 0.15) is 5.82 Å². The summed E-state index contributed by atoms with van der Waals surface area (Å²) in [4.78, 5) is 9.07. The molecule has 2 aromatic rings. The minimum Gasteiger partial charge on any atom is -0.369 e. The molecule has 0 saturated carbocycles. The summed E-state index contributed by atoms with van der Waals surface area (Å²) in [5.41, 5.74) is 0.972. The van der Waals surface area contributed by atoms with E-state index in [4.69, 9.17) is 0 Å². The highest BCUT2D eigenvalue weighted by Crippen LogP contribution is 2.22. The first-order valence-electron chi connectivity index (χ1n) is 6.99. The second-order valence-corrected chi connectivity index (χ2v) is 4.84. The van der Waals surface area contributed by atoms with Crippen molar-refractivity contribution in [3.63, 3.8) is 0 Å². The Morgan fingerprint density at radius 1 is 1.11 bits per heavy atom. The standard InChI is InChI=1S/C15H22N4/c1-4-11(3)10-17-14-12-8-6-7-9-13(12)18-15(19-14)16-5-2/h6-9,11H,4-5,10H2,1-3H3,(H2,16,17,18,19). The molecule has 0 amide bonds. The fraction of sp³-hybridized carbons (Fsp3) is 0.467. The summed E-state index contributed by atoms with van der Waals surface area (Å²) in [6, 6.07) is 8.10. The van der Waals surface area contributed by atoms with Crippen molar-refractivity contribution in [3.05, 3.63) is 24.3 Å². The van der Waals surface area contributed by atoms with Gasteiger partial charge >= 0.3 is 0 Å². The lowest BCUT2D eigenvalue weighted by atomic mass is 10.1. The molecule has 0 radical (unpaired) electrons. The monoisotopic (exact) mass is 258 g/mol. The lowest BCUT2D eigenvalue weighted by Crippen LogP contribution is -2.13. The van der Waals surface area contributed by atoms with E-state index in [2.05, 4.69) is 40.5 Å². The van der Waals surface area contributed by atoms with Crippen LogP contribution in [0.2, 0.25) is 0 Å². The van der Waals surface area contributed by atoms with Crippen LogP contribution in [0, 0.1) is 5.92 Å². The van der Waals surface area contributed by atoms with Gasteiger partial charge in [-0.15, -0.1) is 0 Å². The highest BCUT2D eigenvalue weighted by atomic mass is 15.1. The van der Waals surface area contributed by atoms with Crippen LogP contribution in [-0.2, 0) is 0 Å². The predicted octanol–water partition coefficient (Wildman–Crippen LogP) is 3.52. The van der Waals surface area contributed by atoms with Gasteiger partial charge in [-0.3, -0.25) is 0 Å². The van der Waals surface area contributed by atoms with Crippen LogP contribution in [0.4, 0.5) is 11.8 Å². The van der Waals surface area contributed by atoms with E-state index in [9.17, 15) is 0 Å². The van der Waals surface area contributed by atoms with Gasteiger partial charge in [-0.25, -0.2) is 4.98 Å². The number of rotatable bonds is 6. The lowest BCUT2D eigenvalue weighted by Gasteiger charge is -2.13. The normalized spacial score (nSPS) is 12.4. The molecule has 1 aromatic heterocycles. The summed E-state index contributed by atoms with van der Waals surface area (Å²) in [5, 5.41) is 7.70. The van der Waals surface area contributed by atoms with E-state index in [1.54, 1.807) is 0 Å². The summed E-state index contributed by atoms with van der Waals surface area (Å²) in [6.45, 7) is 8.24. The molecule has 1 aromatic carbocycles. The number of hydrogen-bond donors (Lipinski definition) is 2. The van der Waals surface area contributed by atoms with Crippen LogP contribution in [0.15, 0.2) is 24.3 Å². The highest BCUT2D eigenvalue weighted by molar-refractivity contribution is 5.89. The van der Waals surface area contributed by atoms with E-state index < -0.39 is 0 Å². The van der Waals surface area contributed by atoms with Gasteiger partial charge in [-0.05, 0) is 25.0 Å².